The summed E-state index contributed by atoms with van der Waals surface area (Å²) in [4.78, 5) is 38.3. The van der Waals surface area contributed by atoms with Crippen LogP contribution in [0.3, 0.4) is 0 Å². The van der Waals surface area contributed by atoms with Gasteiger partial charge in [-0.2, -0.15) is 13.2 Å². The summed E-state index contributed by atoms with van der Waals surface area (Å²) in [5, 5.41) is 11.8. The number of nitrogens with zero attached hydrogens (tertiary/aromatic N) is 2. The van der Waals surface area contributed by atoms with E-state index in [1.807, 2.05) is 0 Å². The third-order valence-electron chi connectivity index (χ3n) is 7.23. The third-order valence-corrected chi connectivity index (χ3v) is 7.23. The zero-order chi connectivity index (χ0) is 31.6. The number of nitrogens with one attached hydrogen (secondary N) is 1. The SMILES string of the molecule is COc1cc(C)n(C)c(=O)c1-c1ccc(C[C@H](NC(=O)c2c(F)cc(N3CCOC[C@@H]3C(F)(F)F)cc2F)C(=O)O)cc1. The van der Waals surface area contributed by atoms with Crippen LogP contribution in [0.4, 0.5) is 27.6 Å². The van der Waals surface area contributed by atoms with Crippen LogP contribution in [0.2, 0.25) is 0 Å². The summed E-state index contributed by atoms with van der Waals surface area (Å²) in [6.07, 6.45) is -5.02. The van der Waals surface area contributed by atoms with Gasteiger partial charge >= 0.3 is 12.1 Å². The number of aliphatic carboxylic acids is 1. The van der Waals surface area contributed by atoms with Crippen molar-refractivity contribution in [1.82, 2.24) is 9.88 Å². The van der Waals surface area contributed by atoms with Crippen LogP contribution in [0.15, 0.2) is 47.3 Å². The Labute approximate surface area is 242 Å². The highest BCUT2D eigenvalue weighted by molar-refractivity contribution is 5.97. The zero-order valence-electron chi connectivity index (χ0n) is 23.3. The lowest BCUT2D eigenvalue weighted by molar-refractivity contribution is -0.167. The predicted octanol–water partition coefficient (Wildman–Crippen LogP) is 3.84. The number of benzene rings is 2. The van der Waals surface area contributed by atoms with Crippen LogP contribution in [0.1, 0.15) is 21.6 Å². The van der Waals surface area contributed by atoms with Gasteiger partial charge in [0.2, 0.25) is 0 Å². The molecule has 0 aliphatic carbocycles. The second-order valence-electron chi connectivity index (χ2n) is 9.97. The highest BCUT2D eigenvalue weighted by atomic mass is 19.4. The number of morpholine rings is 1. The fraction of sp³-hybridized carbons (Fsp3) is 0.345. The van der Waals surface area contributed by atoms with Crippen LogP contribution >= 0.6 is 0 Å². The number of carboxylic acids is 1. The zero-order valence-corrected chi connectivity index (χ0v) is 23.3. The van der Waals surface area contributed by atoms with Crippen molar-refractivity contribution < 1.29 is 46.1 Å². The first-order valence-electron chi connectivity index (χ1n) is 13.0. The molecule has 2 heterocycles. The molecule has 4 rings (SSSR count). The van der Waals surface area contributed by atoms with Gasteiger partial charge in [-0.15, -0.1) is 0 Å². The molecule has 2 atom stereocenters. The quantitative estimate of drug-likeness (QED) is 0.374. The van der Waals surface area contributed by atoms with Crippen LogP contribution in [-0.2, 0) is 23.0 Å². The number of carbonyl (C=O) groups is 2. The molecule has 1 aliphatic heterocycles. The number of aryl methyl sites for hydroxylation is 1. The van der Waals surface area contributed by atoms with Crippen molar-refractivity contribution in [2.45, 2.75) is 31.6 Å². The molecule has 230 valence electrons. The van der Waals surface area contributed by atoms with E-state index in [0.717, 1.165) is 4.90 Å². The first-order valence-corrected chi connectivity index (χ1v) is 13.0. The maximum atomic E-state index is 14.9. The minimum atomic E-state index is -4.74. The molecule has 2 aromatic carbocycles. The van der Waals surface area contributed by atoms with E-state index in [9.17, 15) is 41.4 Å². The number of rotatable bonds is 8. The van der Waals surface area contributed by atoms with Crippen molar-refractivity contribution in [1.29, 1.82) is 0 Å². The van der Waals surface area contributed by atoms with Crippen molar-refractivity contribution in [3.05, 3.63) is 81.3 Å². The van der Waals surface area contributed by atoms with Gasteiger partial charge in [-0.25, -0.2) is 13.6 Å². The summed E-state index contributed by atoms with van der Waals surface area (Å²) < 4.78 is 81.8. The molecule has 1 fully saturated rings. The molecule has 14 heteroatoms. The molecule has 0 saturated carbocycles. The van der Waals surface area contributed by atoms with Gasteiger partial charge in [0.05, 0.1) is 25.9 Å². The summed E-state index contributed by atoms with van der Waals surface area (Å²) in [7, 11) is 3.03. The van der Waals surface area contributed by atoms with Crippen molar-refractivity contribution in [3.63, 3.8) is 0 Å². The van der Waals surface area contributed by atoms with Crippen LogP contribution in [0.25, 0.3) is 11.1 Å². The number of carbonyl (C=O) groups excluding carboxylic acids is 1. The first kappa shape index (κ1) is 31.5. The number of alkyl halides is 3. The summed E-state index contributed by atoms with van der Waals surface area (Å²) in [5.74, 6) is -5.45. The molecule has 1 amide bonds. The van der Waals surface area contributed by atoms with Crippen molar-refractivity contribution >= 4 is 17.6 Å². The van der Waals surface area contributed by atoms with Crippen LogP contribution < -0.4 is 20.5 Å². The molecule has 0 spiro atoms. The van der Waals surface area contributed by atoms with Gasteiger partial charge in [-0.1, -0.05) is 24.3 Å². The Kier molecular flexibility index (Phi) is 9.09. The molecule has 1 saturated heterocycles. The average molecular weight is 610 g/mol. The van der Waals surface area contributed by atoms with Crippen molar-refractivity contribution in [2.24, 2.45) is 7.05 Å². The van der Waals surface area contributed by atoms with Crippen LogP contribution in [-0.4, -0.2) is 66.7 Å². The van der Waals surface area contributed by atoms with E-state index < -0.39 is 59.6 Å². The Morgan fingerprint density at radius 2 is 1.77 bits per heavy atom. The summed E-state index contributed by atoms with van der Waals surface area (Å²) in [6, 6.07) is 5.34. The summed E-state index contributed by atoms with van der Waals surface area (Å²) in [5.41, 5.74) is -0.000346. The number of pyridine rings is 1. The highest BCUT2D eigenvalue weighted by Crippen LogP contribution is 2.33. The Balaban J connectivity index is 1.54. The van der Waals surface area contributed by atoms with Gasteiger partial charge in [0.1, 0.15) is 35.0 Å². The summed E-state index contributed by atoms with van der Waals surface area (Å²) in [6.45, 7) is 0.621. The molecule has 1 aliphatic rings. The maximum Gasteiger partial charge on any atom is 0.411 e. The lowest BCUT2D eigenvalue weighted by Gasteiger charge is -2.38. The summed E-state index contributed by atoms with van der Waals surface area (Å²) >= 11 is 0. The molecule has 0 bridgehead atoms. The van der Waals surface area contributed by atoms with E-state index in [-0.39, 0.29) is 25.1 Å². The number of carboxylic acid groups (broad SMARTS) is 1. The fourth-order valence-electron chi connectivity index (χ4n) is 4.82. The normalized spacial score (nSPS) is 16.1. The van der Waals surface area contributed by atoms with E-state index in [4.69, 9.17) is 9.47 Å². The Hall–Kier alpha value is -4.46. The molecule has 43 heavy (non-hydrogen) atoms. The number of halogens is 5. The second kappa shape index (κ2) is 12.4. The number of amides is 1. The molecule has 3 aromatic rings. The van der Waals surface area contributed by atoms with E-state index in [2.05, 4.69) is 5.32 Å². The van der Waals surface area contributed by atoms with E-state index in [1.165, 1.54) is 23.8 Å². The standard InChI is InChI=1S/C29H28F5N3O6/c1-15-10-22(42-3)24(27(39)36(15)2)17-6-4-16(5-7-17)11-21(28(40)41)35-26(38)25-19(30)12-18(13-20(25)31)37-8-9-43-14-23(37)29(32,33)34/h4-7,10,12-13,21,23H,8-9,11,14H2,1-3H3,(H,35,38)(H,40,41)/t21-,23+/m0/s1. The molecule has 9 nitrogen and oxygen atoms in total. The third kappa shape index (κ3) is 6.63. The molecular formula is C29H28F5N3O6. The van der Waals surface area contributed by atoms with Crippen LogP contribution in [0, 0.1) is 18.6 Å². The monoisotopic (exact) mass is 609 g/mol. The molecule has 0 unspecified atom stereocenters. The Morgan fingerprint density at radius 1 is 1.14 bits per heavy atom. The maximum absolute atomic E-state index is 14.9. The molecule has 0 radical (unpaired) electrons. The Bertz CT molecular complexity index is 1570. The number of hydrogen-bond donors (Lipinski definition) is 2. The lowest BCUT2D eigenvalue weighted by Crippen LogP contribution is -2.53. The number of anilines is 1. The van der Waals surface area contributed by atoms with Gasteiger partial charge in [0.15, 0.2) is 0 Å². The van der Waals surface area contributed by atoms with Gasteiger partial charge in [-0.05, 0) is 30.2 Å². The smallest absolute Gasteiger partial charge is 0.411 e. The van der Waals surface area contributed by atoms with E-state index in [0.29, 0.717) is 40.3 Å². The van der Waals surface area contributed by atoms with Gasteiger partial charge in [-0.3, -0.25) is 9.59 Å². The predicted molar refractivity (Wildman–Crippen MR) is 145 cm³/mol. The second-order valence-corrected chi connectivity index (χ2v) is 9.97. The first-order chi connectivity index (χ1) is 20.2. The fourth-order valence-corrected chi connectivity index (χ4v) is 4.82. The number of ether oxygens (including phenoxy) is 2. The van der Waals surface area contributed by atoms with Gasteiger partial charge in [0, 0.05) is 37.5 Å². The topological polar surface area (TPSA) is 110 Å². The van der Waals surface area contributed by atoms with Crippen molar-refractivity contribution in [2.75, 3.05) is 31.8 Å². The molecule has 1 aromatic heterocycles. The minimum absolute atomic E-state index is 0.103. The molecule has 2 N–H and O–H groups in total. The highest BCUT2D eigenvalue weighted by Gasteiger charge is 2.46. The minimum Gasteiger partial charge on any atom is -0.496 e. The lowest BCUT2D eigenvalue weighted by atomic mass is 10.00. The molecular weight excluding hydrogens is 581 g/mol. The number of aromatic nitrogens is 1. The van der Waals surface area contributed by atoms with Crippen molar-refractivity contribution in [3.8, 4) is 16.9 Å². The van der Waals surface area contributed by atoms with Gasteiger partial charge in [0.25, 0.3) is 11.5 Å². The largest absolute Gasteiger partial charge is 0.496 e. The average Bonchev–Trinajstić information content (AvgIpc) is 2.95. The van der Waals surface area contributed by atoms with Gasteiger partial charge < -0.3 is 29.4 Å². The number of methoxy groups -OCH3 is 1. The number of hydrogen-bond acceptors (Lipinski definition) is 6. The van der Waals surface area contributed by atoms with E-state index in [1.54, 1.807) is 32.2 Å². The van der Waals surface area contributed by atoms with E-state index >= 15 is 0 Å². The van der Waals surface area contributed by atoms with Crippen LogP contribution in [0.5, 0.6) is 5.75 Å². The Morgan fingerprint density at radius 3 is 2.33 bits per heavy atom.